The topological polar surface area (TPSA) is 54.4 Å². The molecule has 0 unspecified atom stereocenters. The molecule has 2 aliphatic heterocycles. The third-order valence-electron chi connectivity index (χ3n) is 7.69. The second kappa shape index (κ2) is 12.7. The Balaban J connectivity index is 1.16. The van der Waals surface area contributed by atoms with Crippen molar-refractivity contribution in [2.24, 2.45) is 4.99 Å². The molecule has 42 heavy (non-hydrogen) atoms. The molecule has 0 atom stereocenters. The highest BCUT2D eigenvalue weighted by Gasteiger charge is 2.32. The van der Waals surface area contributed by atoms with Crippen molar-refractivity contribution in [1.29, 1.82) is 0 Å². The molecule has 2 aliphatic rings. The quantitative estimate of drug-likeness (QED) is 0.198. The molecule has 2 saturated heterocycles. The van der Waals surface area contributed by atoms with Crippen molar-refractivity contribution in [3.63, 3.8) is 0 Å². The van der Waals surface area contributed by atoms with Crippen molar-refractivity contribution >= 4 is 51.1 Å². The second-order valence-electron chi connectivity index (χ2n) is 10.5. The number of benzene rings is 4. The summed E-state index contributed by atoms with van der Waals surface area (Å²) in [4.78, 5) is 22.9. The van der Waals surface area contributed by atoms with Crippen molar-refractivity contribution in [3.05, 3.63) is 101 Å². The monoisotopic (exact) mass is 577 g/mol. The van der Waals surface area contributed by atoms with Crippen LogP contribution in [0.3, 0.4) is 0 Å². The minimum Gasteiger partial charge on any atom is -0.493 e. The number of amidine groups is 1. The summed E-state index contributed by atoms with van der Waals surface area (Å²) in [7, 11) is 1.63. The number of methoxy groups -OCH3 is 1. The number of hydrogen-bond acceptors (Lipinski definition) is 6. The van der Waals surface area contributed by atoms with E-state index in [0.29, 0.717) is 34.7 Å². The van der Waals surface area contributed by atoms with Gasteiger partial charge in [0.2, 0.25) is 0 Å². The van der Waals surface area contributed by atoms with E-state index < -0.39 is 0 Å². The summed E-state index contributed by atoms with van der Waals surface area (Å²) in [5, 5.41) is 3.09. The molecule has 6 rings (SSSR count). The van der Waals surface area contributed by atoms with Crippen LogP contribution in [0, 0.1) is 0 Å². The number of likely N-dealkylation sites (N-methyl/N-ethyl adjacent to an activating group) is 1. The molecule has 0 aliphatic carbocycles. The van der Waals surface area contributed by atoms with Gasteiger partial charge in [0.15, 0.2) is 16.7 Å². The number of piperidine rings is 1. The van der Waals surface area contributed by atoms with E-state index in [1.54, 1.807) is 12.0 Å². The van der Waals surface area contributed by atoms with Gasteiger partial charge < -0.3 is 14.4 Å². The highest BCUT2D eigenvalue weighted by molar-refractivity contribution is 8.18. The lowest BCUT2D eigenvalue weighted by molar-refractivity contribution is -0.122. The van der Waals surface area contributed by atoms with Crippen LogP contribution in [-0.4, -0.2) is 42.7 Å². The lowest BCUT2D eigenvalue weighted by atomic mass is 10.1. The van der Waals surface area contributed by atoms with Crippen LogP contribution in [0.4, 0.5) is 11.4 Å². The number of anilines is 1. The third-order valence-corrected chi connectivity index (χ3v) is 8.70. The maximum absolute atomic E-state index is 13.3. The lowest BCUT2D eigenvalue weighted by Crippen LogP contribution is -2.29. The van der Waals surface area contributed by atoms with E-state index in [1.165, 1.54) is 47.5 Å². The molecule has 0 aromatic heterocycles. The highest BCUT2D eigenvalue weighted by atomic mass is 32.2. The van der Waals surface area contributed by atoms with E-state index in [1.807, 2.05) is 55.5 Å². The molecule has 0 radical (unpaired) electrons. The van der Waals surface area contributed by atoms with Gasteiger partial charge in [0.05, 0.1) is 17.7 Å². The minimum atomic E-state index is -0.0400. The predicted octanol–water partition coefficient (Wildman–Crippen LogP) is 8.04. The number of aliphatic imine (C=N–C) groups is 1. The maximum atomic E-state index is 13.3. The SMILES string of the molecule is CCN1C(=O)/C(=C/c2ccc(OCc3ccc4ccccc4c3)c(OC)c2)SC1=Nc1ccc(N2CCCCC2)cc1. The molecule has 0 N–H and O–H groups in total. The Bertz CT molecular complexity index is 1640. The zero-order valence-corrected chi connectivity index (χ0v) is 24.9. The van der Waals surface area contributed by atoms with E-state index in [9.17, 15) is 4.79 Å². The van der Waals surface area contributed by atoms with Gasteiger partial charge in [0, 0.05) is 25.3 Å². The van der Waals surface area contributed by atoms with E-state index in [0.717, 1.165) is 29.9 Å². The van der Waals surface area contributed by atoms with Gasteiger partial charge in [-0.2, -0.15) is 0 Å². The van der Waals surface area contributed by atoms with Gasteiger partial charge in [0.25, 0.3) is 5.91 Å². The Hall–Kier alpha value is -4.23. The average molecular weight is 578 g/mol. The molecule has 6 nitrogen and oxygen atoms in total. The number of ether oxygens (including phenoxy) is 2. The van der Waals surface area contributed by atoms with Gasteiger partial charge in [-0.15, -0.1) is 0 Å². The first-order chi connectivity index (χ1) is 20.6. The summed E-state index contributed by atoms with van der Waals surface area (Å²) in [6.07, 6.45) is 5.70. The molecule has 2 heterocycles. The molecule has 214 valence electrons. The summed E-state index contributed by atoms with van der Waals surface area (Å²) < 4.78 is 11.8. The van der Waals surface area contributed by atoms with Gasteiger partial charge in [-0.1, -0.05) is 42.5 Å². The van der Waals surface area contributed by atoms with E-state index >= 15 is 0 Å². The van der Waals surface area contributed by atoms with Crippen LogP contribution < -0.4 is 14.4 Å². The zero-order chi connectivity index (χ0) is 28.9. The Morgan fingerprint density at radius 1 is 0.881 bits per heavy atom. The smallest absolute Gasteiger partial charge is 0.266 e. The van der Waals surface area contributed by atoms with Gasteiger partial charge in [-0.25, -0.2) is 4.99 Å². The standard InChI is InChI=1S/C35H35N3O3S/c1-3-38-34(39)33(42-35(38)36-29-14-16-30(17-15-29)37-19-7-4-8-20-37)23-25-12-18-31(32(22-25)40-2)41-24-26-11-13-27-9-5-6-10-28(27)21-26/h5-6,9-18,21-23H,3-4,7-8,19-20,24H2,1-2H3/b33-23-,36-35?. The van der Waals surface area contributed by atoms with E-state index in [2.05, 4.69) is 47.4 Å². The first kappa shape index (κ1) is 27.9. The van der Waals surface area contributed by atoms with Crippen LogP contribution in [0.2, 0.25) is 0 Å². The molecule has 0 spiro atoms. The third kappa shape index (κ3) is 6.16. The number of thioether (sulfide) groups is 1. The fourth-order valence-corrected chi connectivity index (χ4v) is 6.47. The minimum absolute atomic E-state index is 0.0400. The van der Waals surface area contributed by atoms with E-state index in [-0.39, 0.29) is 5.91 Å². The molecule has 0 bridgehead atoms. The number of carbonyl (C=O) groups is 1. The predicted molar refractivity (Wildman–Crippen MR) is 174 cm³/mol. The number of nitrogens with zero attached hydrogens (tertiary/aromatic N) is 3. The first-order valence-corrected chi connectivity index (χ1v) is 15.4. The number of fused-ring (bicyclic) bond motifs is 1. The van der Waals surface area contributed by atoms with Crippen molar-refractivity contribution in [3.8, 4) is 11.5 Å². The highest BCUT2D eigenvalue weighted by Crippen LogP contribution is 2.36. The van der Waals surface area contributed by atoms with Crippen LogP contribution in [0.15, 0.2) is 94.8 Å². The van der Waals surface area contributed by atoms with Crippen LogP contribution in [0.5, 0.6) is 11.5 Å². The van der Waals surface area contributed by atoms with Gasteiger partial charge in [-0.05, 0) is 108 Å². The molecule has 0 saturated carbocycles. The Morgan fingerprint density at radius 3 is 2.43 bits per heavy atom. The lowest BCUT2D eigenvalue weighted by Gasteiger charge is -2.28. The van der Waals surface area contributed by atoms with Crippen molar-refractivity contribution < 1.29 is 14.3 Å². The molecule has 4 aromatic rings. The molecular weight excluding hydrogens is 542 g/mol. The number of hydrogen-bond donors (Lipinski definition) is 0. The number of rotatable bonds is 8. The summed E-state index contributed by atoms with van der Waals surface area (Å²) in [5.74, 6) is 1.24. The Morgan fingerprint density at radius 2 is 1.67 bits per heavy atom. The molecule has 2 fully saturated rings. The molecule has 4 aromatic carbocycles. The fourth-order valence-electron chi connectivity index (χ4n) is 5.40. The normalized spacial score (nSPS) is 17.4. The second-order valence-corrected chi connectivity index (χ2v) is 11.5. The van der Waals surface area contributed by atoms with Crippen LogP contribution in [0.1, 0.15) is 37.3 Å². The summed E-state index contributed by atoms with van der Waals surface area (Å²) in [6, 6.07) is 28.7. The number of carbonyl (C=O) groups excluding carboxylic acids is 1. The largest absolute Gasteiger partial charge is 0.493 e. The fraction of sp³-hybridized carbons (Fsp3) is 0.257. The van der Waals surface area contributed by atoms with Crippen molar-refractivity contribution in [2.75, 3.05) is 31.6 Å². The number of amides is 1. The van der Waals surface area contributed by atoms with Gasteiger partial charge in [-0.3, -0.25) is 9.69 Å². The van der Waals surface area contributed by atoms with Crippen LogP contribution in [0.25, 0.3) is 16.8 Å². The van der Waals surface area contributed by atoms with Crippen LogP contribution >= 0.6 is 11.8 Å². The summed E-state index contributed by atoms with van der Waals surface area (Å²) in [5.41, 5.74) is 4.03. The molecular formula is C35H35N3O3S. The Labute approximate surface area is 251 Å². The van der Waals surface area contributed by atoms with Crippen molar-refractivity contribution in [2.45, 2.75) is 32.8 Å². The summed E-state index contributed by atoms with van der Waals surface area (Å²) in [6.45, 7) is 5.18. The molecule has 1 amide bonds. The Kier molecular flexibility index (Phi) is 8.47. The van der Waals surface area contributed by atoms with Gasteiger partial charge >= 0.3 is 0 Å². The maximum Gasteiger partial charge on any atom is 0.266 e. The zero-order valence-electron chi connectivity index (χ0n) is 24.1. The van der Waals surface area contributed by atoms with E-state index in [4.69, 9.17) is 14.5 Å². The summed E-state index contributed by atoms with van der Waals surface area (Å²) >= 11 is 1.40. The van der Waals surface area contributed by atoms with Crippen molar-refractivity contribution in [1.82, 2.24) is 4.90 Å². The average Bonchev–Trinajstić information content (AvgIpc) is 3.33. The first-order valence-electron chi connectivity index (χ1n) is 14.5. The molecule has 7 heteroatoms. The van der Waals surface area contributed by atoms with Crippen LogP contribution in [-0.2, 0) is 11.4 Å². The van der Waals surface area contributed by atoms with Gasteiger partial charge in [0.1, 0.15) is 6.61 Å².